The Hall–Kier alpha value is -0.0800. The Balaban J connectivity index is 2.00. The summed E-state index contributed by atoms with van der Waals surface area (Å²) in [5, 5.41) is 0. The van der Waals surface area contributed by atoms with Gasteiger partial charge in [0.2, 0.25) is 0 Å². The van der Waals surface area contributed by atoms with E-state index < -0.39 is 0 Å². The Kier molecular flexibility index (Phi) is 2.13. The van der Waals surface area contributed by atoms with Crippen LogP contribution in [0.3, 0.4) is 0 Å². The molecule has 70 valence electrons. The summed E-state index contributed by atoms with van der Waals surface area (Å²) in [7, 11) is 2.20. The van der Waals surface area contributed by atoms with Gasteiger partial charge in [-0.2, -0.15) is 0 Å². The Morgan fingerprint density at radius 1 is 1.50 bits per heavy atom. The van der Waals surface area contributed by atoms with Crippen molar-refractivity contribution in [3.63, 3.8) is 0 Å². The molecule has 2 rings (SSSR count). The molecule has 2 atom stereocenters. The van der Waals surface area contributed by atoms with E-state index in [2.05, 4.69) is 18.9 Å². The first-order valence-corrected chi connectivity index (χ1v) is 5.03. The van der Waals surface area contributed by atoms with E-state index in [1.807, 2.05) is 0 Å². The average molecular weight is 169 g/mol. The fourth-order valence-corrected chi connectivity index (χ4v) is 2.66. The van der Waals surface area contributed by atoms with Gasteiger partial charge in [-0.1, -0.05) is 6.92 Å². The van der Waals surface area contributed by atoms with Gasteiger partial charge in [0.1, 0.15) is 0 Å². The van der Waals surface area contributed by atoms with E-state index in [-0.39, 0.29) is 5.60 Å². The Bertz CT molecular complexity index is 167. The van der Waals surface area contributed by atoms with Crippen molar-refractivity contribution < 1.29 is 4.74 Å². The third kappa shape index (κ3) is 1.50. The topological polar surface area (TPSA) is 12.5 Å². The molecule has 2 aliphatic rings. The molecule has 0 radical (unpaired) electrons. The van der Waals surface area contributed by atoms with Crippen molar-refractivity contribution in [3.8, 4) is 0 Å². The number of ether oxygens (including phenoxy) is 1. The third-order valence-corrected chi connectivity index (χ3v) is 3.25. The molecule has 0 aromatic carbocycles. The maximum atomic E-state index is 5.93. The summed E-state index contributed by atoms with van der Waals surface area (Å²) in [5.74, 6) is 0.872. The number of likely N-dealkylation sites (N-methyl/N-ethyl adjacent to an activating group) is 1. The fraction of sp³-hybridized carbons (Fsp3) is 1.00. The molecule has 1 heterocycles. The minimum Gasteiger partial charge on any atom is -0.372 e. The lowest BCUT2D eigenvalue weighted by Crippen LogP contribution is -2.48. The first-order chi connectivity index (χ1) is 5.70. The van der Waals surface area contributed by atoms with E-state index in [9.17, 15) is 0 Å². The van der Waals surface area contributed by atoms with Crippen LogP contribution in [0.4, 0.5) is 0 Å². The molecule has 0 amide bonds. The van der Waals surface area contributed by atoms with E-state index >= 15 is 0 Å². The van der Waals surface area contributed by atoms with Gasteiger partial charge in [0, 0.05) is 13.1 Å². The number of hydrogen-bond donors (Lipinski definition) is 0. The van der Waals surface area contributed by atoms with Crippen LogP contribution < -0.4 is 0 Å². The van der Waals surface area contributed by atoms with E-state index in [0.29, 0.717) is 0 Å². The quantitative estimate of drug-likeness (QED) is 0.545. The van der Waals surface area contributed by atoms with E-state index in [1.165, 1.54) is 19.3 Å². The highest BCUT2D eigenvalue weighted by Gasteiger charge is 2.40. The SMILES string of the molecule is CC1CCC2(C1)CN(C)CCO2. The van der Waals surface area contributed by atoms with Gasteiger partial charge < -0.3 is 9.64 Å². The Labute approximate surface area is 74.9 Å². The summed E-state index contributed by atoms with van der Waals surface area (Å²) in [5.41, 5.74) is 0.242. The zero-order valence-electron chi connectivity index (χ0n) is 8.18. The molecule has 2 heteroatoms. The first-order valence-electron chi connectivity index (χ1n) is 5.03. The molecule has 0 N–H and O–H groups in total. The van der Waals surface area contributed by atoms with Crippen LogP contribution in [0.1, 0.15) is 26.2 Å². The van der Waals surface area contributed by atoms with Crippen molar-refractivity contribution in [1.82, 2.24) is 4.90 Å². The van der Waals surface area contributed by atoms with E-state index in [4.69, 9.17) is 4.74 Å². The predicted molar refractivity (Wildman–Crippen MR) is 49.2 cm³/mol. The molecule has 0 bridgehead atoms. The zero-order valence-corrected chi connectivity index (χ0v) is 8.18. The van der Waals surface area contributed by atoms with Crippen LogP contribution in [-0.4, -0.2) is 37.2 Å². The minimum absolute atomic E-state index is 0.242. The van der Waals surface area contributed by atoms with E-state index in [1.54, 1.807) is 0 Å². The molecule has 2 fully saturated rings. The highest BCUT2D eigenvalue weighted by molar-refractivity contribution is 4.93. The molecule has 2 unspecified atom stereocenters. The predicted octanol–water partition coefficient (Wildman–Crippen LogP) is 1.51. The van der Waals surface area contributed by atoms with Crippen LogP contribution >= 0.6 is 0 Å². The van der Waals surface area contributed by atoms with Crippen molar-refractivity contribution in [2.45, 2.75) is 31.8 Å². The highest BCUT2D eigenvalue weighted by atomic mass is 16.5. The second-order valence-electron chi connectivity index (χ2n) is 4.62. The van der Waals surface area contributed by atoms with Crippen LogP contribution in [0, 0.1) is 5.92 Å². The zero-order chi connectivity index (χ0) is 8.60. The van der Waals surface area contributed by atoms with Crippen LogP contribution in [0.15, 0.2) is 0 Å². The Morgan fingerprint density at radius 2 is 2.33 bits per heavy atom. The number of morpholine rings is 1. The van der Waals surface area contributed by atoms with Gasteiger partial charge in [-0.05, 0) is 32.2 Å². The summed E-state index contributed by atoms with van der Waals surface area (Å²) in [4.78, 5) is 2.40. The lowest BCUT2D eigenvalue weighted by atomic mass is 9.98. The number of hydrogen-bond acceptors (Lipinski definition) is 2. The summed E-state index contributed by atoms with van der Waals surface area (Å²) in [6.07, 6.45) is 3.91. The normalized spacial score (nSPS) is 44.0. The second-order valence-corrected chi connectivity index (χ2v) is 4.62. The summed E-state index contributed by atoms with van der Waals surface area (Å²) in [6.45, 7) is 5.53. The monoisotopic (exact) mass is 169 g/mol. The van der Waals surface area contributed by atoms with Crippen LogP contribution in [-0.2, 0) is 4.74 Å². The molecule has 0 aromatic heterocycles. The van der Waals surface area contributed by atoms with Gasteiger partial charge in [-0.3, -0.25) is 0 Å². The van der Waals surface area contributed by atoms with Crippen molar-refractivity contribution in [2.75, 3.05) is 26.7 Å². The van der Waals surface area contributed by atoms with Gasteiger partial charge in [0.15, 0.2) is 0 Å². The highest BCUT2D eigenvalue weighted by Crippen LogP contribution is 2.38. The van der Waals surface area contributed by atoms with Gasteiger partial charge in [0.05, 0.1) is 12.2 Å². The molecule has 12 heavy (non-hydrogen) atoms. The Morgan fingerprint density at radius 3 is 2.92 bits per heavy atom. The van der Waals surface area contributed by atoms with Gasteiger partial charge in [-0.25, -0.2) is 0 Å². The second kappa shape index (κ2) is 3.00. The van der Waals surface area contributed by atoms with Gasteiger partial charge >= 0.3 is 0 Å². The smallest absolute Gasteiger partial charge is 0.0812 e. The lowest BCUT2D eigenvalue weighted by molar-refractivity contribution is -0.0998. The number of nitrogens with zero attached hydrogens (tertiary/aromatic N) is 1. The van der Waals surface area contributed by atoms with E-state index in [0.717, 1.165) is 25.6 Å². The molecule has 1 saturated heterocycles. The minimum atomic E-state index is 0.242. The summed E-state index contributed by atoms with van der Waals surface area (Å²) >= 11 is 0. The van der Waals surface area contributed by atoms with Gasteiger partial charge in [-0.15, -0.1) is 0 Å². The molecule has 1 saturated carbocycles. The van der Waals surface area contributed by atoms with Crippen molar-refractivity contribution in [1.29, 1.82) is 0 Å². The molecular formula is C10H19NO. The first kappa shape index (κ1) is 8.52. The fourth-order valence-electron chi connectivity index (χ4n) is 2.66. The van der Waals surface area contributed by atoms with Crippen molar-refractivity contribution in [3.05, 3.63) is 0 Å². The number of rotatable bonds is 0. The van der Waals surface area contributed by atoms with Crippen LogP contribution in [0.2, 0.25) is 0 Å². The lowest BCUT2D eigenvalue weighted by Gasteiger charge is -2.39. The van der Waals surface area contributed by atoms with Crippen LogP contribution in [0.25, 0.3) is 0 Å². The summed E-state index contributed by atoms with van der Waals surface area (Å²) < 4.78 is 5.93. The molecule has 2 nitrogen and oxygen atoms in total. The van der Waals surface area contributed by atoms with Gasteiger partial charge in [0.25, 0.3) is 0 Å². The molecule has 1 aliphatic carbocycles. The molecule has 0 aromatic rings. The molecule has 1 aliphatic heterocycles. The average Bonchev–Trinajstić information content (AvgIpc) is 2.32. The third-order valence-electron chi connectivity index (χ3n) is 3.25. The standard InChI is InChI=1S/C10H19NO/c1-9-3-4-10(7-9)8-11(2)5-6-12-10/h9H,3-8H2,1-2H3. The maximum Gasteiger partial charge on any atom is 0.0812 e. The van der Waals surface area contributed by atoms with Crippen LogP contribution in [0.5, 0.6) is 0 Å². The van der Waals surface area contributed by atoms with Crippen molar-refractivity contribution in [2.24, 2.45) is 5.92 Å². The van der Waals surface area contributed by atoms with Crippen molar-refractivity contribution >= 4 is 0 Å². The molecular weight excluding hydrogens is 150 g/mol. The largest absolute Gasteiger partial charge is 0.372 e. The summed E-state index contributed by atoms with van der Waals surface area (Å²) in [6, 6.07) is 0. The maximum absolute atomic E-state index is 5.93. The molecule has 1 spiro atoms.